The number of hydrogen-bond acceptors (Lipinski definition) is 4. The maximum Gasteiger partial charge on any atom is 0.345 e. The van der Waals surface area contributed by atoms with Gasteiger partial charge in [0.2, 0.25) is 0 Å². The summed E-state index contributed by atoms with van der Waals surface area (Å²) < 4.78 is 29.4. The number of hydrogen-bond donors (Lipinski definition) is 1. The lowest BCUT2D eigenvalue weighted by molar-refractivity contribution is -0.150. The molecular weight excluding hydrogens is 412 g/mol. The molecule has 2 rings (SSSR count). The second-order valence-electron chi connectivity index (χ2n) is 7.84. The van der Waals surface area contributed by atoms with Gasteiger partial charge in [0.15, 0.2) is 15.9 Å². The van der Waals surface area contributed by atoms with Crippen LogP contribution in [0.2, 0.25) is 5.02 Å². The number of aliphatic carboxylic acids is 1. The largest absolute Gasteiger partial charge is 0.478 e. The standard InChI is InChI=1S/C22H23ClO5S/c1-14-6-10-18(29(5,26)27)13-15(14)7-8-16-12-17(23)9-11-19(16)28-20(21(24)25)22(2,3)4/h6,9-13,20H,1-5H3,(H,24,25). The van der Waals surface area contributed by atoms with E-state index < -0.39 is 27.3 Å². The molecule has 0 saturated carbocycles. The Morgan fingerprint density at radius 2 is 1.72 bits per heavy atom. The molecule has 2 aromatic carbocycles. The quantitative estimate of drug-likeness (QED) is 0.724. The average molecular weight is 435 g/mol. The lowest BCUT2D eigenvalue weighted by Gasteiger charge is -2.28. The first-order valence-corrected chi connectivity index (χ1v) is 11.1. The highest BCUT2D eigenvalue weighted by Gasteiger charge is 2.33. The molecule has 154 valence electrons. The van der Waals surface area contributed by atoms with Crippen molar-refractivity contribution in [3.8, 4) is 17.6 Å². The van der Waals surface area contributed by atoms with Crippen molar-refractivity contribution < 1.29 is 23.1 Å². The number of rotatable bonds is 4. The molecule has 0 fully saturated rings. The molecular formula is C22H23ClO5S. The first-order valence-electron chi connectivity index (χ1n) is 8.81. The summed E-state index contributed by atoms with van der Waals surface area (Å²) in [5, 5.41) is 9.94. The Kier molecular flexibility index (Phi) is 6.67. The van der Waals surface area contributed by atoms with E-state index in [9.17, 15) is 18.3 Å². The summed E-state index contributed by atoms with van der Waals surface area (Å²) in [5.74, 6) is 5.10. The van der Waals surface area contributed by atoms with Crippen LogP contribution in [0.25, 0.3) is 0 Å². The van der Waals surface area contributed by atoms with Gasteiger partial charge in [-0.3, -0.25) is 0 Å². The van der Waals surface area contributed by atoms with Crippen LogP contribution < -0.4 is 4.74 Å². The summed E-state index contributed by atoms with van der Waals surface area (Å²) in [4.78, 5) is 11.8. The number of aryl methyl sites for hydroxylation is 1. The van der Waals surface area contributed by atoms with Crippen molar-refractivity contribution in [2.75, 3.05) is 6.26 Å². The van der Waals surface area contributed by atoms with Crippen molar-refractivity contribution in [3.63, 3.8) is 0 Å². The lowest BCUT2D eigenvalue weighted by atomic mass is 9.89. The number of halogens is 1. The zero-order valence-corrected chi connectivity index (χ0v) is 18.5. The van der Waals surface area contributed by atoms with Gasteiger partial charge in [-0.25, -0.2) is 13.2 Å². The molecule has 1 atom stereocenters. The van der Waals surface area contributed by atoms with Gasteiger partial charge in [0.25, 0.3) is 0 Å². The maximum absolute atomic E-state index is 11.8. The summed E-state index contributed by atoms with van der Waals surface area (Å²) >= 11 is 6.08. The van der Waals surface area contributed by atoms with Gasteiger partial charge in [-0.1, -0.05) is 50.3 Å². The minimum atomic E-state index is -3.36. The van der Waals surface area contributed by atoms with Crippen molar-refractivity contribution in [1.82, 2.24) is 0 Å². The number of ether oxygens (including phenoxy) is 1. The van der Waals surface area contributed by atoms with Crippen molar-refractivity contribution >= 4 is 27.4 Å². The molecule has 1 unspecified atom stereocenters. The second-order valence-corrected chi connectivity index (χ2v) is 10.3. The normalized spacial score (nSPS) is 12.6. The number of carbonyl (C=O) groups is 1. The molecule has 0 aromatic heterocycles. The molecule has 0 bridgehead atoms. The van der Waals surface area contributed by atoms with Gasteiger partial charge < -0.3 is 9.84 Å². The molecule has 2 aromatic rings. The van der Waals surface area contributed by atoms with E-state index >= 15 is 0 Å². The highest BCUT2D eigenvalue weighted by atomic mass is 35.5. The third-order valence-electron chi connectivity index (χ3n) is 4.17. The van der Waals surface area contributed by atoms with Gasteiger partial charge in [-0.15, -0.1) is 0 Å². The van der Waals surface area contributed by atoms with Crippen LogP contribution in [-0.4, -0.2) is 31.9 Å². The fourth-order valence-corrected chi connectivity index (χ4v) is 3.35. The Morgan fingerprint density at radius 1 is 1.10 bits per heavy atom. The Morgan fingerprint density at radius 3 is 2.28 bits per heavy atom. The van der Waals surface area contributed by atoms with Crippen molar-refractivity contribution in [2.24, 2.45) is 5.41 Å². The monoisotopic (exact) mass is 434 g/mol. The predicted molar refractivity (Wildman–Crippen MR) is 113 cm³/mol. The SMILES string of the molecule is Cc1ccc(S(C)(=O)=O)cc1C#Cc1cc(Cl)ccc1OC(C(=O)O)C(C)(C)C. The van der Waals surface area contributed by atoms with Gasteiger partial charge in [-0.05, 0) is 42.8 Å². The van der Waals surface area contributed by atoms with Crippen LogP contribution in [0.15, 0.2) is 41.3 Å². The lowest BCUT2D eigenvalue weighted by Crippen LogP contribution is -2.39. The van der Waals surface area contributed by atoms with Crippen LogP contribution in [-0.2, 0) is 14.6 Å². The summed E-state index contributed by atoms with van der Waals surface area (Å²) in [6, 6.07) is 9.49. The van der Waals surface area contributed by atoms with Gasteiger partial charge in [0.05, 0.1) is 10.5 Å². The molecule has 0 saturated heterocycles. The van der Waals surface area contributed by atoms with Crippen LogP contribution in [0.5, 0.6) is 5.75 Å². The van der Waals surface area contributed by atoms with E-state index in [1.807, 2.05) is 6.92 Å². The highest BCUT2D eigenvalue weighted by molar-refractivity contribution is 7.90. The Bertz CT molecular complexity index is 1100. The maximum atomic E-state index is 11.8. The van der Waals surface area contributed by atoms with Crippen LogP contribution in [0.4, 0.5) is 0 Å². The zero-order valence-electron chi connectivity index (χ0n) is 16.9. The van der Waals surface area contributed by atoms with Gasteiger partial charge in [-0.2, -0.15) is 0 Å². The zero-order chi connectivity index (χ0) is 22.0. The third kappa shape index (κ3) is 5.99. The van der Waals surface area contributed by atoms with Gasteiger partial charge in [0.1, 0.15) is 5.75 Å². The summed E-state index contributed by atoms with van der Waals surface area (Å²) in [7, 11) is -3.36. The van der Waals surface area contributed by atoms with E-state index in [-0.39, 0.29) is 4.90 Å². The van der Waals surface area contributed by atoms with Gasteiger partial charge >= 0.3 is 5.97 Å². The number of benzene rings is 2. The molecule has 5 nitrogen and oxygen atoms in total. The molecule has 1 N–H and O–H groups in total. The van der Waals surface area contributed by atoms with E-state index in [4.69, 9.17) is 16.3 Å². The molecule has 29 heavy (non-hydrogen) atoms. The summed E-state index contributed by atoms with van der Waals surface area (Å²) in [6.45, 7) is 7.14. The Labute approximate surface area is 176 Å². The molecule has 0 heterocycles. The number of carboxylic acid groups (broad SMARTS) is 1. The van der Waals surface area contributed by atoms with Crippen molar-refractivity contribution in [3.05, 3.63) is 58.1 Å². The molecule has 7 heteroatoms. The van der Waals surface area contributed by atoms with Crippen LogP contribution in [0.3, 0.4) is 0 Å². The van der Waals surface area contributed by atoms with Gasteiger partial charge in [0, 0.05) is 22.3 Å². The minimum absolute atomic E-state index is 0.175. The summed E-state index contributed by atoms with van der Waals surface area (Å²) in [5.41, 5.74) is 1.13. The van der Waals surface area contributed by atoms with E-state index in [1.165, 1.54) is 12.1 Å². The van der Waals surface area contributed by atoms with Crippen molar-refractivity contribution in [1.29, 1.82) is 0 Å². The molecule has 0 aliphatic rings. The summed E-state index contributed by atoms with van der Waals surface area (Å²) in [6.07, 6.45) is 0.0515. The number of sulfone groups is 1. The van der Waals surface area contributed by atoms with E-state index in [1.54, 1.807) is 45.0 Å². The van der Waals surface area contributed by atoms with Crippen LogP contribution >= 0.6 is 11.6 Å². The Hall–Kier alpha value is -2.49. The third-order valence-corrected chi connectivity index (χ3v) is 5.51. The predicted octanol–water partition coefficient (Wildman–Crippen LogP) is 4.33. The molecule has 0 amide bonds. The molecule has 0 aliphatic carbocycles. The fraction of sp³-hybridized carbons (Fsp3) is 0.318. The fourth-order valence-electron chi connectivity index (χ4n) is 2.53. The highest BCUT2D eigenvalue weighted by Crippen LogP contribution is 2.29. The van der Waals surface area contributed by atoms with E-state index in [0.717, 1.165) is 11.8 Å². The first kappa shape index (κ1) is 22.8. The average Bonchev–Trinajstić information content (AvgIpc) is 2.57. The number of carboxylic acids is 1. The topological polar surface area (TPSA) is 80.7 Å². The van der Waals surface area contributed by atoms with Crippen LogP contribution in [0.1, 0.15) is 37.5 Å². The van der Waals surface area contributed by atoms with E-state index in [0.29, 0.717) is 21.9 Å². The minimum Gasteiger partial charge on any atom is -0.478 e. The smallest absolute Gasteiger partial charge is 0.345 e. The molecule has 0 aliphatic heterocycles. The Balaban J connectivity index is 2.51. The molecule has 0 radical (unpaired) electrons. The first-order chi connectivity index (χ1) is 13.3. The van der Waals surface area contributed by atoms with E-state index in [2.05, 4.69) is 11.8 Å². The molecule has 0 spiro atoms. The van der Waals surface area contributed by atoms with Crippen molar-refractivity contribution in [2.45, 2.75) is 38.7 Å². The van der Waals surface area contributed by atoms with Crippen LogP contribution in [0, 0.1) is 24.2 Å². The second kappa shape index (κ2) is 8.48.